The summed E-state index contributed by atoms with van der Waals surface area (Å²) < 4.78 is 14.5. The summed E-state index contributed by atoms with van der Waals surface area (Å²) in [6.07, 6.45) is 1.61. The first-order valence-electron chi connectivity index (χ1n) is 7.25. The van der Waals surface area contributed by atoms with Crippen molar-refractivity contribution in [2.45, 2.75) is 49.8 Å². The average Bonchev–Trinajstić information content (AvgIpc) is 2.85. The molecular weight excluding hydrogens is 262 g/mol. The van der Waals surface area contributed by atoms with Gasteiger partial charge in [-0.3, -0.25) is 4.79 Å². The summed E-state index contributed by atoms with van der Waals surface area (Å²) in [4.78, 5) is 11.5. The Bertz CT molecular complexity index is 374. The lowest BCUT2D eigenvalue weighted by Gasteiger charge is -2.32. The van der Waals surface area contributed by atoms with E-state index in [-0.39, 0.29) is 23.8 Å². The molecule has 0 saturated heterocycles. The minimum atomic E-state index is -1.33. The molecule has 2 saturated carbocycles. The van der Waals surface area contributed by atoms with Crippen molar-refractivity contribution in [1.82, 2.24) is 5.32 Å². The number of carboxylic acid groups (broad SMARTS) is 1. The third-order valence-electron chi connectivity index (χ3n) is 5.20. The second kappa shape index (κ2) is 5.99. The molecule has 1 radical (unpaired) electrons. The van der Waals surface area contributed by atoms with Gasteiger partial charge in [0.1, 0.15) is 11.7 Å². The Morgan fingerprint density at radius 3 is 2.85 bits per heavy atom. The normalized spacial score (nSPS) is 43.5. The smallest absolute Gasteiger partial charge is 0.323 e. The van der Waals surface area contributed by atoms with Gasteiger partial charge in [0.15, 0.2) is 0 Å². The molecule has 0 aromatic carbocycles. The van der Waals surface area contributed by atoms with Gasteiger partial charge >= 0.3 is 5.97 Å². The van der Waals surface area contributed by atoms with Gasteiger partial charge in [0.25, 0.3) is 7.48 Å². The first-order chi connectivity index (χ1) is 9.45. The van der Waals surface area contributed by atoms with Crippen LogP contribution in [0.1, 0.15) is 25.7 Å². The summed E-state index contributed by atoms with van der Waals surface area (Å²) in [5.41, 5.74) is 4.78. The van der Waals surface area contributed by atoms with Crippen LogP contribution in [0.3, 0.4) is 0 Å². The van der Waals surface area contributed by atoms with Gasteiger partial charge in [0, 0.05) is 6.04 Å². The molecule has 0 bridgehead atoms. The van der Waals surface area contributed by atoms with Crippen LogP contribution >= 0.6 is 0 Å². The predicted octanol–water partition coefficient (Wildman–Crippen LogP) is 0.161. The fraction of sp³-hybridized carbons (Fsp3) is 0.923. The Hall–Kier alpha value is -0.655. The lowest BCUT2D eigenvalue weighted by atomic mass is 9.76. The summed E-state index contributed by atoms with van der Waals surface area (Å²) >= 11 is 0. The standard InChI is InChI=1S/C13H23BFN2O3/c1-17-9-5-7-6-13(16,12(18)19)8(3-2-4-14-20)10(7)11(9)15/h7-11,17,20H,2-6,16H2,1H3,(H,18,19)/t7-,8+,9-,10-,11+,13+/m1/s1. The monoisotopic (exact) mass is 285 g/mol. The van der Waals surface area contributed by atoms with Gasteiger partial charge in [0.2, 0.25) is 0 Å². The highest BCUT2D eigenvalue weighted by atomic mass is 19.1. The number of halogens is 1. The van der Waals surface area contributed by atoms with Gasteiger partial charge < -0.3 is 21.2 Å². The SMILES string of the molecule is CN[C@@H]1C[C@@H]2C[C@@](N)(C(=O)O)[C@@H](CCC[B]O)[C@@H]2[C@H]1F. The number of carboxylic acids is 1. The summed E-state index contributed by atoms with van der Waals surface area (Å²) in [5, 5.41) is 21.2. The van der Waals surface area contributed by atoms with Crippen LogP contribution in [0.5, 0.6) is 0 Å². The maximum absolute atomic E-state index is 14.5. The lowest BCUT2D eigenvalue weighted by Crippen LogP contribution is -2.53. The molecule has 0 unspecified atom stereocenters. The van der Waals surface area contributed by atoms with Crippen molar-refractivity contribution < 1.29 is 19.3 Å². The van der Waals surface area contributed by atoms with Crippen molar-refractivity contribution >= 4 is 13.5 Å². The molecule has 0 aliphatic heterocycles. The molecule has 0 heterocycles. The van der Waals surface area contributed by atoms with E-state index >= 15 is 0 Å². The highest BCUT2D eigenvalue weighted by molar-refractivity contribution is 6.25. The molecule has 5 N–H and O–H groups in total. The molecule has 2 rings (SSSR count). The number of fused-ring (bicyclic) bond motifs is 1. The molecule has 6 atom stereocenters. The molecule has 5 nitrogen and oxygen atoms in total. The van der Waals surface area contributed by atoms with Crippen LogP contribution in [-0.2, 0) is 4.79 Å². The molecule has 113 valence electrons. The fourth-order valence-corrected chi connectivity index (χ4v) is 4.24. The molecule has 0 aromatic heterocycles. The van der Waals surface area contributed by atoms with Crippen molar-refractivity contribution in [2.75, 3.05) is 7.05 Å². The highest BCUT2D eigenvalue weighted by Crippen LogP contribution is 2.54. The Balaban J connectivity index is 2.17. The minimum Gasteiger partial charge on any atom is -0.480 e. The van der Waals surface area contributed by atoms with E-state index in [1.165, 1.54) is 0 Å². The van der Waals surface area contributed by atoms with Crippen molar-refractivity contribution in [3.05, 3.63) is 0 Å². The van der Waals surface area contributed by atoms with Gasteiger partial charge in [-0.25, -0.2) is 4.39 Å². The zero-order valence-electron chi connectivity index (χ0n) is 11.8. The first kappa shape index (κ1) is 15.7. The van der Waals surface area contributed by atoms with E-state index in [1.807, 2.05) is 0 Å². The quantitative estimate of drug-likeness (QED) is 0.412. The number of hydrogen-bond acceptors (Lipinski definition) is 4. The largest absolute Gasteiger partial charge is 0.480 e. The average molecular weight is 285 g/mol. The van der Waals surface area contributed by atoms with Crippen molar-refractivity contribution in [3.8, 4) is 0 Å². The maximum atomic E-state index is 14.5. The summed E-state index contributed by atoms with van der Waals surface area (Å²) in [6.45, 7) is 0. The fourth-order valence-electron chi connectivity index (χ4n) is 4.24. The lowest BCUT2D eigenvalue weighted by molar-refractivity contribution is -0.145. The van der Waals surface area contributed by atoms with Crippen LogP contribution in [0.4, 0.5) is 4.39 Å². The third-order valence-corrected chi connectivity index (χ3v) is 5.20. The van der Waals surface area contributed by atoms with E-state index in [4.69, 9.17) is 10.8 Å². The number of rotatable bonds is 6. The van der Waals surface area contributed by atoms with E-state index < -0.39 is 17.7 Å². The second-order valence-corrected chi connectivity index (χ2v) is 6.18. The van der Waals surface area contributed by atoms with Crippen LogP contribution in [0.25, 0.3) is 0 Å². The van der Waals surface area contributed by atoms with Crippen LogP contribution < -0.4 is 11.1 Å². The van der Waals surface area contributed by atoms with Crippen molar-refractivity contribution in [2.24, 2.45) is 23.5 Å². The Kier molecular flexibility index (Phi) is 4.71. The van der Waals surface area contributed by atoms with E-state index in [0.717, 1.165) is 7.48 Å². The molecule has 0 spiro atoms. The van der Waals surface area contributed by atoms with Crippen molar-refractivity contribution in [3.63, 3.8) is 0 Å². The second-order valence-electron chi connectivity index (χ2n) is 6.18. The van der Waals surface area contributed by atoms with Gasteiger partial charge in [-0.05, 0) is 44.1 Å². The summed E-state index contributed by atoms with van der Waals surface area (Å²) in [6, 6.07) is -0.199. The van der Waals surface area contributed by atoms with Crippen LogP contribution in [0.2, 0.25) is 6.32 Å². The summed E-state index contributed by atoms with van der Waals surface area (Å²) in [5.74, 6) is -1.64. The molecule has 20 heavy (non-hydrogen) atoms. The molecule has 2 aliphatic rings. The van der Waals surface area contributed by atoms with Crippen LogP contribution in [0, 0.1) is 17.8 Å². The maximum Gasteiger partial charge on any atom is 0.323 e. The minimum absolute atomic E-state index is 0.0339. The molecule has 0 amide bonds. The summed E-state index contributed by atoms with van der Waals surface area (Å²) in [7, 11) is 2.80. The highest BCUT2D eigenvalue weighted by Gasteiger charge is 2.61. The van der Waals surface area contributed by atoms with Gasteiger partial charge in [-0.2, -0.15) is 0 Å². The number of hydrogen-bond donors (Lipinski definition) is 4. The number of aliphatic carboxylic acids is 1. The third kappa shape index (κ3) is 2.47. The molecule has 2 fully saturated rings. The van der Waals surface area contributed by atoms with E-state index in [9.17, 15) is 14.3 Å². The first-order valence-corrected chi connectivity index (χ1v) is 7.25. The molecule has 2 aliphatic carbocycles. The Morgan fingerprint density at radius 2 is 2.30 bits per heavy atom. The van der Waals surface area contributed by atoms with E-state index in [0.29, 0.717) is 32.0 Å². The van der Waals surface area contributed by atoms with Crippen LogP contribution in [0.15, 0.2) is 0 Å². The zero-order chi connectivity index (χ0) is 14.9. The number of alkyl halides is 1. The number of nitrogens with one attached hydrogen (secondary N) is 1. The number of nitrogens with two attached hydrogens (primary N) is 1. The van der Waals surface area contributed by atoms with E-state index in [2.05, 4.69) is 5.32 Å². The molecule has 0 aromatic rings. The zero-order valence-corrected chi connectivity index (χ0v) is 11.8. The topological polar surface area (TPSA) is 95.6 Å². The van der Waals surface area contributed by atoms with Gasteiger partial charge in [0.05, 0.1) is 0 Å². The Morgan fingerprint density at radius 1 is 1.60 bits per heavy atom. The van der Waals surface area contributed by atoms with Gasteiger partial charge in [-0.15, -0.1) is 0 Å². The number of carbonyl (C=O) groups is 1. The predicted molar refractivity (Wildman–Crippen MR) is 74.0 cm³/mol. The Labute approximate surface area is 119 Å². The van der Waals surface area contributed by atoms with Crippen LogP contribution in [-0.4, -0.2) is 48.4 Å². The molecular formula is C13H23BFN2O3. The van der Waals surface area contributed by atoms with Gasteiger partial charge in [-0.1, -0.05) is 12.7 Å². The van der Waals surface area contributed by atoms with E-state index in [1.54, 1.807) is 7.05 Å². The van der Waals surface area contributed by atoms with Crippen molar-refractivity contribution in [1.29, 1.82) is 0 Å². The molecule has 7 heteroatoms.